The Kier molecular flexibility index (Phi) is 2.56. The van der Waals surface area contributed by atoms with Gasteiger partial charge in [0.2, 0.25) is 0 Å². The Morgan fingerprint density at radius 2 is 2.00 bits per heavy atom. The fourth-order valence-electron chi connectivity index (χ4n) is 1.87. The van der Waals surface area contributed by atoms with Gasteiger partial charge in [-0.25, -0.2) is 0 Å². The van der Waals surface area contributed by atoms with Crippen LogP contribution in [0.15, 0.2) is 18.2 Å². The summed E-state index contributed by atoms with van der Waals surface area (Å²) in [4.78, 5) is 0. The minimum absolute atomic E-state index is 0.561. The molecule has 0 saturated carbocycles. The molecule has 16 heavy (non-hydrogen) atoms. The molecule has 88 valence electrons. The van der Waals surface area contributed by atoms with Crippen LogP contribution in [-0.2, 0) is 0 Å². The third-order valence-electron chi connectivity index (χ3n) is 2.92. The van der Waals surface area contributed by atoms with E-state index in [0.29, 0.717) is 17.1 Å². The summed E-state index contributed by atoms with van der Waals surface area (Å²) < 4.78 is 10.7. The van der Waals surface area contributed by atoms with Crippen LogP contribution in [0.2, 0.25) is 0 Å². The maximum atomic E-state index is 10.00. The summed E-state index contributed by atoms with van der Waals surface area (Å²) in [6, 6.07) is 5.18. The number of ether oxygens (including phenoxy) is 2. The Morgan fingerprint density at radius 3 is 2.62 bits per heavy atom. The Hall–Kier alpha value is -1.26. The molecule has 2 N–H and O–H groups in total. The van der Waals surface area contributed by atoms with Crippen molar-refractivity contribution in [3.8, 4) is 11.5 Å². The third-order valence-corrected chi connectivity index (χ3v) is 2.92. The second-order valence-corrected chi connectivity index (χ2v) is 4.50. The van der Waals surface area contributed by atoms with Gasteiger partial charge >= 0.3 is 0 Å². The Morgan fingerprint density at radius 1 is 1.31 bits per heavy atom. The lowest BCUT2D eigenvalue weighted by Crippen LogP contribution is -2.48. The second kappa shape index (κ2) is 3.64. The van der Waals surface area contributed by atoms with Gasteiger partial charge in [-0.1, -0.05) is 0 Å². The summed E-state index contributed by atoms with van der Waals surface area (Å²) in [5.74, 6) is 1.22. The number of benzene rings is 1. The maximum Gasteiger partial charge on any atom is 0.132 e. The molecule has 0 saturated heterocycles. The topological polar surface area (TPSA) is 58.9 Å². The number of hydrogen-bond donors (Lipinski definition) is 2. The minimum Gasteiger partial charge on any atom is -0.497 e. The second-order valence-electron chi connectivity index (χ2n) is 4.50. The number of fused-ring (bicyclic) bond motifs is 1. The van der Waals surface area contributed by atoms with E-state index in [2.05, 4.69) is 0 Å². The van der Waals surface area contributed by atoms with E-state index < -0.39 is 17.8 Å². The third kappa shape index (κ3) is 1.64. The van der Waals surface area contributed by atoms with Crippen molar-refractivity contribution in [2.75, 3.05) is 7.11 Å². The zero-order valence-electron chi connectivity index (χ0n) is 9.60. The van der Waals surface area contributed by atoms with Gasteiger partial charge in [-0.05, 0) is 32.0 Å². The molecule has 1 aliphatic heterocycles. The van der Waals surface area contributed by atoms with Crippen molar-refractivity contribution < 1.29 is 19.7 Å². The smallest absolute Gasteiger partial charge is 0.132 e. The van der Waals surface area contributed by atoms with Crippen LogP contribution in [0.25, 0.3) is 0 Å². The number of rotatable bonds is 1. The predicted octanol–water partition coefficient (Wildman–Crippen LogP) is 1.26. The molecule has 1 aromatic rings. The van der Waals surface area contributed by atoms with Crippen LogP contribution in [0, 0.1) is 0 Å². The minimum atomic E-state index is -0.952. The zero-order chi connectivity index (χ0) is 11.9. The van der Waals surface area contributed by atoms with E-state index in [9.17, 15) is 10.2 Å². The molecular weight excluding hydrogens is 208 g/mol. The first-order valence-electron chi connectivity index (χ1n) is 5.19. The number of aliphatic hydroxyl groups excluding tert-OH is 2. The first kappa shape index (κ1) is 11.2. The van der Waals surface area contributed by atoms with Gasteiger partial charge in [-0.15, -0.1) is 0 Å². The van der Waals surface area contributed by atoms with Crippen LogP contribution in [0.5, 0.6) is 11.5 Å². The van der Waals surface area contributed by atoms with E-state index in [4.69, 9.17) is 9.47 Å². The average molecular weight is 224 g/mol. The molecule has 0 bridgehead atoms. The molecule has 0 amide bonds. The van der Waals surface area contributed by atoms with Gasteiger partial charge in [-0.2, -0.15) is 0 Å². The summed E-state index contributed by atoms with van der Waals surface area (Å²) in [5.41, 5.74) is -0.229. The number of methoxy groups -OCH3 is 1. The number of hydrogen-bond acceptors (Lipinski definition) is 4. The van der Waals surface area contributed by atoms with E-state index in [1.807, 2.05) is 0 Å². The highest BCUT2D eigenvalue weighted by Gasteiger charge is 2.42. The molecule has 4 nitrogen and oxygen atoms in total. The van der Waals surface area contributed by atoms with E-state index in [1.165, 1.54) is 0 Å². The standard InChI is InChI=1S/C12H16O4/c1-12(2)11(14)10(13)8-6-7(15-3)4-5-9(8)16-12/h4-6,10-11,13-14H,1-3H3/t10-,11-/m1/s1. The van der Waals surface area contributed by atoms with Crippen LogP contribution in [0.3, 0.4) is 0 Å². The molecule has 4 heteroatoms. The van der Waals surface area contributed by atoms with Crippen molar-refractivity contribution in [3.05, 3.63) is 23.8 Å². The summed E-state index contributed by atoms with van der Waals surface area (Å²) in [6.07, 6.45) is -1.90. The average Bonchev–Trinajstić information content (AvgIpc) is 2.25. The number of aliphatic hydroxyl groups is 2. The molecule has 2 atom stereocenters. The zero-order valence-corrected chi connectivity index (χ0v) is 9.60. The maximum absolute atomic E-state index is 10.00. The lowest BCUT2D eigenvalue weighted by molar-refractivity contribution is -0.111. The molecule has 0 fully saturated rings. The molecule has 1 aliphatic rings. The molecule has 0 aliphatic carbocycles. The highest BCUT2D eigenvalue weighted by molar-refractivity contribution is 5.44. The van der Waals surface area contributed by atoms with Crippen LogP contribution in [-0.4, -0.2) is 29.0 Å². The van der Waals surface area contributed by atoms with E-state index in [1.54, 1.807) is 39.2 Å². The van der Waals surface area contributed by atoms with Gasteiger partial charge in [0.15, 0.2) is 0 Å². The van der Waals surface area contributed by atoms with Crippen molar-refractivity contribution >= 4 is 0 Å². The van der Waals surface area contributed by atoms with Crippen LogP contribution in [0.4, 0.5) is 0 Å². The summed E-state index contributed by atoms with van der Waals surface area (Å²) in [7, 11) is 1.55. The van der Waals surface area contributed by atoms with Gasteiger partial charge in [0, 0.05) is 5.56 Å². The molecule has 2 rings (SSSR count). The first-order chi connectivity index (χ1) is 7.45. The monoisotopic (exact) mass is 224 g/mol. The molecular formula is C12H16O4. The van der Waals surface area contributed by atoms with E-state index in [-0.39, 0.29) is 0 Å². The van der Waals surface area contributed by atoms with Gasteiger partial charge in [0.05, 0.1) is 7.11 Å². The van der Waals surface area contributed by atoms with E-state index >= 15 is 0 Å². The molecule has 0 aromatic heterocycles. The molecule has 0 unspecified atom stereocenters. The fourth-order valence-corrected chi connectivity index (χ4v) is 1.87. The lowest BCUT2D eigenvalue weighted by Gasteiger charge is -2.40. The van der Waals surface area contributed by atoms with Crippen LogP contribution in [0.1, 0.15) is 25.5 Å². The molecule has 1 aromatic carbocycles. The molecule has 0 radical (unpaired) electrons. The van der Waals surface area contributed by atoms with Crippen molar-refractivity contribution in [1.29, 1.82) is 0 Å². The van der Waals surface area contributed by atoms with Crippen molar-refractivity contribution in [2.24, 2.45) is 0 Å². The largest absolute Gasteiger partial charge is 0.497 e. The molecule has 0 spiro atoms. The SMILES string of the molecule is COc1ccc2c(c1)[C@@H](O)[C@@H](O)C(C)(C)O2. The Bertz CT molecular complexity index is 400. The van der Waals surface area contributed by atoms with Crippen LogP contribution >= 0.6 is 0 Å². The fraction of sp³-hybridized carbons (Fsp3) is 0.500. The predicted molar refractivity (Wildman–Crippen MR) is 58.7 cm³/mol. The lowest BCUT2D eigenvalue weighted by atomic mass is 9.88. The molecule has 1 heterocycles. The van der Waals surface area contributed by atoms with Gasteiger partial charge in [0.1, 0.15) is 29.3 Å². The Balaban J connectivity index is 2.47. The highest BCUT2D eigenvalue weighted by Crippen LogP contribution is 2.41. The van der Waals surface area contributed by atoms with Gasteiger partial charge < -0.3 is 19.7 Å². The van der Waals surface area contributed by atoms with Crippen LogP contribution < -0.4 is 9.47 Å². The van der Waals surface area contributed by atoms with Gasteiger partial charge in [-0.3, -0.25) is 0 Å². The first-order valence-corrected chi connectivity index (χ1v) is 5.19. The Labute approximate surface area is 94.4 Å². The van der Waals surface area contributed by atoms with Gasteiger partial charge in [0.25, 0.3) is 0 Å². The van der Waals surface area contributed by atoms with Crippen molar-refractivity contribution in [2.45, 2.75) is 31.7 Å². The highest BCUT2D eigenvalue weighted by atomic mass is 16.5. The normalized spacial score (nSPS) is 26.8. The summed E-state index contributed by atoms with van der Waals surface area (Å²) >= 11 is 0. The van der Waals surface area contributed by atoms with Crippen molar-refractivity contribution in [1.82, 2.24) is 0 Å². The quantitative estimate of drug-likeness (QED) is 0.754. The van der Waals surface area contributed by atoms with E-state index in [0.717, 1.165) is 0 Å². The summed E-state index contributed by atoms with van der Waals surface area (Å²) in [6.45, 7) is 3.49. The van der Waals surface area contributed by atoms with Crippen molar-refractivity contribution in [3.63, 3.8) is 0 Å². The summed E-state index contributed by atoms with van der Waals surface area (Å²) in [5, 5.41) is 19.9.